The minimum atomic E-state index is -0.795. The predicted molar refractivity (Wildman–Crippen MR) is 139 cm³/mol. The van der Waals surface area contributed by atoms with E-state index in [1.165, 1.54) is 27.6 Å². The molecule has 7 nitrogen and oxygen atoms in total. The molecular weight excluding hydrogens is 506 g/mol. The van der Waals surface area contributed by atoms with E-state index in [0.717, 1.165) is 15.3 Å². The Morgan fingerprint density at radius 2 is 2.06 bits per heavy atom. The van der Waals surface area contributed by atoms with Crippen LogP contribution in [0.25, 0.3) is 16.0 Å². The SMILES string of the molecule is CN1CCOc2ccc(/C(O)=C3\C(=O)C(=O)N(c4nc5ccc(Cl)cc5s4)C3c3cccs3)cc21. The molecule has 1 fully saturated rings. The minimum absolute atomic E-state index is 0.0362. The molecular formula is C25H18ClN3O4S2. The third-order valence-electron chi connectivity index (χ3n) is 6.13. The number of aliphatic hydroxyl groups excluding tert-OH is 1. The van der Waals surface area contributed by atoms with Gasteiger partial charge in [0, 0.05) is 22.5 Å². The van der Waals surface area contributed by atoms with Crippen molar-refractivity contribution in [2.75, 3.05) is 30.0 Å². The van der Waals surface area contributed by atoms with Crippen LogP contribution in [0.4, 0.5) is 10.8 Å². The van der Waals surface area contributed by atoms with E-state index in [2.05, 4.69) is 4.98 Å². The zero-order chi connectivity index (χ0) is 24.3. The molecule has 2 aliphatic rings. The van der Waals surface area contributed by atoms with Gasteiger partial charge < -0.3 is 14.7 Å². The fourth-order valence-electron chi connectivity index (χ4n) is 4.39. The molecule has 1 N–H and O–H groups in total. The number of ketones is 1. The van der Waals surface area contributed by atoms with Gasteiger partial charge in [-0.05, 0) is 47.8 Å². The van der Waals surface area contributed by atoms with Crippen LogP contribution in [0.3, 0.4) is 0 Å². The van der Waals surface area contributed by atoms with Crippen molar-refractivity contribution in [2.24, 2.45) is 0 Å². The Morgan fingerprint density at radius 1 is 1.20 bits per heavy atom. The maximum atomic E-state index is 13.3. The summed E-state index contributed by atoms with van der Waals surface area (Å²) < 4.78 is 6.50. The Kier molecular flexibility index (Phi) is 5.28. The number of Topliss-reactive ketones (excluding diaryl/α,β-unsaturated/α-hetero) is 1. The standard InChI is InChI=1S/C25H18ClN3O4S2/c1-28-8-9-33-17-7-4-13(11-16(17)28)22(30)20-21(18-3-2-10-34-18)29(24(32)23(20)31)25-27-15-6-5-14(26)12-19(15)35-25/h2-7,10-12,21,30H,8-9H2,1H3/b22-20+. The van der Waals surface area contributed by atoms with Crippen LogP contribution < -0.4 is 14.5 Å². The van der Waals surface area contributed by atoms with E-state index in [1.54, 1.807) is 36.4 Å². The lowest BCUT2D eigenvalue weighted by molar-refractivity contribution is -0.132. The number of carbonyl (C=O) groups is 2. The highest BCUT2D eigenvalue weighted by Gasteiger charge is 2.48. The van der Waals surface area contributed by atoms with Crippen molar-refractivity contribution in [1.29, 1.82) is 0 Å². The summed E-state index contributed by atoms with van der Waals surface area (Å²) in [5.41, 5.74) is 1.97. The van der Waals surface area contributed by atoms with Gasteiger partial charge in [-0.25, -0.2) is 4.98 Å². The lowest BCUT2D eigenvalue weighted by Gasteiger charge is -2.28. The predicted octanol–water partition coefficient (Wildman–Crippen LogP) is 5.47. The number of amides is 1. The van der Waals surface area contributed by atoms with Crippen molar-refractivity contribution in [3.05, 3.63) is 74.9 Å². The number of aliphatic hydroxyl groups is 1. The van der Waals surface area contributed by atoms with Crippen molar-refractivity contribution < 1.29 is 19.4 Å². The average Bonchev–Trinajstić information content (AvgIpc) is 3.57. The Balaban J connectivity index is 1.52. The van der Waals surface area contributed by atoms with Crippen molar-refractivity contribution in [3.8, 4) is 5.75 Å². The minimum Gasteiger partial charge on any atom is -0.507 e. The molecule has 0 radical (unpaired) electrons. The van der Waals surface area contributed by atoms with Crippen LogP contribution in [-0.4, -0.2) is 42.0 Å². The Morgan fingerprint density at radius 3 is 2.86 bits per heavy atom. The second kappa shape index (κ2) is 8.37. The normalized spacial score (nSPS) is 19.3. The van der Waals surface area contributed by atoms with Crippen LogP contribution in [0.5, 0.6) is 5.75 Å². The molecule has 10 heteroatoms. The van der Waals surface area contributed by atoms with Crippen molar-refractivity contribution in [3.63, 3.8) is 0 Å². The van der Waals surface area contributed by atoms with Crippen LogP contribution in [0.1, 0.15) is 16.5 Å². The van der Waals surface area contributed by atoms with E-state index in [9.17, 15) is 14.7 Å². The number of rotatable bonds is 3. The first-order valence-electron chi connectivity index (χ1n) is 10.8. The molecule has 1 atom stereocenters. The highest BCUT2D eigenvalue weighted by Crippen LogP contribution is 2.46. The molecule has 176 valence electrons. The topological polar surface area (TPSA) is 83.0 Å². The van der Waals surface area contributed by atoms with Crippen molar-refractivity contribution in [2.45, 2.75) is 6.04 Å². The number of halogens is 1. The highest BCUT2D eigenvalue weighted by molar-refractivity contribution is 7.22. The first kappa shape index (κ1) is 22.1. The van der Waals surface area contributed by atoms with E-state index >= 15 is 0 Å². The third-order valence-corrected chi connectivity index (χ3v) is 8.31. The molecule has 2 aromatic carbocycles. The van der Waals surface area contributed by atoms with E-state index in [4.69, 9.17) is 16.3 Å². The number of thiophene rings is 1. The molecule has 4 heterocycles. The quantitative estimate of drug-likeness (QED) is 0.218. The van der Waals surface area contributed by atoms with Crippen LogP contribution in [0, 0.1) is 0 Å². The van der Waals surface area contributed by atoms with Gasteiger partial charge in [0.05, 0.1) is 28.0 Å². The van der Waals surface area contributed by atoms with Crippen LogP contribution >= 0.6 is 34.3 Å². The maximum absolute atomic E-state index is 13.3. The van der Waals surface area contributed by atoms with Crippen LogP contribution in [0.2, 0.25) is 5.02 Å². The number of benzene rings is 2. The third kappa shape index (κ3) is 3.58. The molecule has 35 heavy (non-hydrogen) atoms. The summed E-state index contributed by atoms with van der Waals surface area (Å²) >= 11 is 8.82. The number of fused-ring (bicyclic) bond motifs is 2. The largest absolute Gasteiger partial charge is 0.507 e. The van der Waals surface area contributed by atoms with Crippen LogP contribution in [-0.2, 0) is 9.59 Å². The summed E-state index contributed by atoms with van der Waals surface area (Å²) in [7, 11) is 1.94. The van der Waals surface area contributed by atoms with E-state index in [0.29, 0.717) is 40.1 Å². The number of hydrogen-bond acceptors (Lipinski definition) is 8. The first-order valence-corrected chi connectivity index (χ1v) is 12.9. The molecule has 0 bridgehead atoms. The van der Waals surface area contributed by atoms with Gasteiger partial charge >= 0.3 is 5.91 Å². The van der Waals surface area contributed by atoms with Gasteiger partial charge in [0.25, 0.3) is 5.78 Å². The monoisotopic (exact) mass is 523 g/mol. The van der Waals surface area contributed by atoms with Gasteiger partial charge in [-0.3, -0.25) is 14.5 Å². The summed E-state index contributed by atoms with van der Waals surface area (Å²) in [4.78, 5) is 35.4. The number of carbonyl (C=O) groups excluding carboxylic acids is 2. The van der Waals surface area contributed by atoms with Crippen LogP contribution in [0.15, 0.2) is 59.5 Å². The Hall–Kier alpha value is -3.40. The zero-order valence-corrected chi connectivity index (χ0v) is 20.8. The number of anilines is 2. The second-order valence-electron chi connectivity index (χ2n) is 8.25. The first-order chi connectivity index (χ1) is 16.9. The molecule has 0 aliphatic carbocycles. The number of thiazole rings is 1. The zero-order valence-electron chi connectivity index (χ0n) is 18.4. The molecule has 1 saturated heterocycles. The van der Waals surface area contributed by atoms with Gasteiger partial charge in [-0.1, -0.05) is 29.0 Å². The average molecular weight is 524 g/mol. The second-order valence-corrected chi connectivity index (χ2v) is 10.7. The lowest BCUT2D eigenvalue weighted by atomic mass is 9.99. The number of aromatic nitrogens is 1. The number of likely N-dealkylation sites (N-methyl/N-ethyl adjacent to an activating group) is 1. The molecule has 1 unspecified atom stereocenters. The smallest absolute Gasteiger partial charge is 0.301 e. The molecule has 4 aromatic rings. The van der Waals surface area contributed by atoms with Crippen molar-refractivity contribution >= 4 is 72.8 Å². The summed E-state index contributed by atoms with van der Waals surface area (Å²) in [5.74, 6) is -0.997. The number of hydrogen-bond donors (Lipinski definition) is 1. The molecule has 0 spiro atoms. The van der Waals surface area contributed by atoms with Gasteiger partial charge in [-0.15, -0.1) is 11.3 Å². The Bertz CT molecular complexity index is 1530. The van der Waals surface area contributed by atoms with E-state index < -0.39 is 17.7 Å². The lowest BCUT2D eigenvalue weighted by Crippen LogP contribution is -2.29. The highest BCUT2D eigenvalue weighted by atomic mass is 35.5. The Labute approximate surface area is 213 Å². The van der Waals surface area contributed by atoms with E-state index in [-0.39, 0.29) is 11.3 Å². The summed E-state index contributed by atoms with van der Waals surface area (Å²) in [6.45, 7) is 1.28. The molecule has 2 aromatic heterocycles. The summed E-state index contributed by atoms with van der Waals surface area (Å²) in [5, 5.41) is 14.2. The van der Waals surface area contributed by atoms with Gasteiger partial charge in [0.15, 0.2) is 5.13 Å². The van der Waals surface area contributed by atoms with E-state index in [1.807, 2.05) is 29.5 Å². The molecule has 6 rings (SSSR count). The summed E-state index contributed by atoms with van der Waals surface area (Å²) in [6.07, 6.45) is 0. The fourth-order valence-corrected chi connectivity index (χ4v) is 6.48. The fraction of sp³-hybridized carbons (Fsp3) is 0.160. The number of ether oxygens (including phenoxy) is 1. The molecule has 1 amide bonds. The molecule has 0 saturated carbocycles. The maximum Gasteiger partial charge on any atom is 0.301 e. The van der Waals surface area contributed by atoms with Crippen molar-refractivity contribution in [1.82, 2.24) is 4.98 Å². The number of nitrogens with zero attached hydrogens (tertiary/aromatic N) is 3. The molecule has 2 aliphatic heterocycles. The van der Waals surface area contributed by atoms with Gasteiger partial charge in [0.1, 0.15) is 24.2 Å². The summed E-state index contributed by atoms with van der Waals surface area (Å²) in [6, 6.07) is 13.4. The van der Waals surface area contributed by atoms with Gasteiger partial charge in [0.2, 0.25) is 0 Å². The van der Waals surface area contributed by atoms with Gasteiger partial charge in [-0.2, -0.15) is 0 Å².